The molecule has 0 aliphatic carbocycles. The molecular formula is C11H11N3O4. The molecule has 0 aliphatic heterocycles. The van der Waals surface area contributed by atoms with Crippen molar-refractivity contribution < 1.29 is 14.5 Å². The maximum atomic E-state index is 11.7. The predicted octanol–water partition coefficient (Wildman–Crippen LogP) is 1.96. The highest BCUT2D eigenvalue weighted by atomic mass is 16.6. The lowest BCUT2D eigenvalue weighted by Crippen LogP contribution is -2.08. The van der Waals surface area contributed by atoms with Gasteiger partial charge < -0.3 is 9.72 Å². The highest BCUT2D eigenvalue weighted by molar-refractivity contribution is 5.98. The first-order valence-electron chi connectivity index (χ1n) is 5.34. The number of carbonyl (C=O) groups excluding carboxylic acids is 1. The van der Waals surface area contributed by atoms with Crippen molar-refractivity contribution in [3.05, 3.63) is 33.6 Å². The molecule has 0 radical (unpaired) electrons. The van der Waals surface area contributed by atoms with E-state index in [0.717, 1.165) is 0 Å². The number of fused-ring (bicyclic) bond motifs is 1. The molecule has 0 unspecified atom stereocenters. The highest BCUT2D eigenvalue weighted by Gasteiger charge is 2.23. The van der Waals surface area contributed by atoms with Gasteiger partial charge in [-0.1, -0.05) is 0 Å². The van der Waals surface area contributed by atoms with Gasteiger partial charge in [0, 0.05) is 6.07 Å². The number of esters is 1. The quantitative estimate of drug-likeness (QED) is 0.509. The van der Waals surface area contributed by atoms with E-state index in [9.17, 15) is 14.9 Å². The Morgan fingerprint density at radius 2 is 2.28 bits per heavy atom. The lowest BCUT2D eigenvalue weighted by Gasteiger charge is -2.02. The number of nitro benzene ring substituents is 1. The maximum Gasteiger partial charge on any atom is 0.345 e. The van der Waals surface area contributed by atoms with E-state index in [2.05, 4.69) is 9.97 Å². The number of hydrogen-bond acceptors (Lipinski definition) is 5. The molecule has 0 atom stereocenters. The van der Waals surface area contributed by atoms with Crippen LogP contribution in [0.15, 0.2) is 12.1 Å². The summed E-state index contributed by atoms with van der Waals surface area (Å²) in [5.41, 5.74) is 0.652. The number of nitrogens with one attached hydrogen (secondary N) is 1. The van der Waals surface area contributed by atoms with Crippen LogP contribution in [0.1, 0.15) is 23.1 Å². The van der Waals surface area contributed by atoms with E-state index in [-0.39, 0.29) is 17.9 Å². The van der Waals surface area contributed by atoms with Crippen molar-refractivity contribution in [3.8, 4) is 0 Å². The summed E-state index contributed by atoms with van der Waals surface area (Å²) >= 11 is 0. The summed E-state index contributed by atoms with van der Waals surface area (Å²) in [6, 6.07) is 2.66. The van der Waals surface area contributed by atoms with Crippen LogP contribution in [0.4, 0.5) is 5.69 Å². The van der Waals surface area contributed by atoms with Gasteiger partial charge in [0.05, 0.1) is 22.6 Å². The third kappa shape index (κ3) is 2.02. The molecule has 2 rings (SSSR count). The molecule has 0 fully saturated rings. The number of aryl methyl sites for hydroxylation is 1. The molecule has 1 aromatic carbocycles. The molecule has 7 nitrogen and oxygen atoms in total. The van der Waals surface area contributed by atoms with Crippen molar-refractivity contribution in [1.29, 1.82) is 0 Å². The van der Waals surface area contributed by atoms with E-state index in [1.54, 1.807) is 13.8 Å². The van der Waals surface area contributed by atoms with Crippen molar-refractivity contribution in [3.63, 3.8) is 0 Å². The maximum absolute atomic E-state index is 11.7. The fourth-order valence-electron chi connectivity index (χ4n) is 1.70. The lowest BCUT2D eigenvalue weighted by atomic mass is 10.1. The fourth-order valence-corrected chi connectivity index (χ4v) is 1.70. The van der Waals surface area contributed by atoms with Crippen LogP contribution < -0.4 is 0 Å². The molecule has 0 spiro atoms. The molecule has 7 heteroatoms. The molecular weight excluding hydrogens is 238 g/mol. The minimum atomic E-state index is -0.716. The molecule has 18 heavy (non-hydrogen) atoms. The first-order valence-corrected chi connectivity index (χ1v) is 5.34. The van der Waals surface area contributed by atoms with E-state index < -0.39 is 10.9 Å². The number of hydrogen-bond donors (Lipinski definition) is 1. The summed E-state index contributed by atoms with van der Waals surface area (Å²) < 4.78 is 4.79. The summed E-state index contributed by atoms with van der Waals surface area (Å²) in [4.78, 5) is 29.0. The minimum Gasteiger partial charge on any atom is -0.462 e. The largest absolute Gasteiger partial charge is 0.462 e. The number of H-pyrrole nitrogens is 1. The van der Waals surface area contributed by atoms with Crippen molar-refractivity contribution in [2.45, 2.75) is 13.8 Å². The van der Waals surface area contributed by atoms with Crippen molar-refractivity contribution in [2.24, 2.45) is 0 Å². The van der Waals surface area contributed by atoms with E-state index >= 15 is 0 Å². The molecule has 1 heterocycles. The number of imidazole rings is 1. The van der Waals surface area contributed by atoms with Crippen LogP contribution >= 0.6 is 0 Å². The van der Waals surface area contributed by atoms with Gasteiger partial charge in [0.15, 0.2) is 0 Å². The summed E-state index contributed by atoms with van der Waals surface area (Å²) in [6.07, 6.45) is 0. The van der Waals surface area contributed by atoms with Gasteiger partial charge in [-0.25, -0.2) is 9.78 Å². The Labute approximate surface area is 102 Å². The van der Waals surface area contributed by atoms with E-state index in [4.69, 9.17) is 4.74 Å². The van der Waals surface area contributed by atoms with Gasteiger partial charge in [0.2, 0.25) is 0 Å². The predicted molar refractivity (Wildman–Crippen MR) is 63.4 cm³/mol. The molecule has 0 saturated carbocycles. The van der Waals surface area contributed by atoms with E-state index in [0.29, 0.717) is 16.9 Å². The third-order valence-electron chi connectivity index (χ3n) is 2.41. The minimum absolute atomic E-state index is 0.0825. The van der Waals surface area contributed by atoms with Crippen molar-refractivity contribution in [2.75, 3.05) is 6.61 Å². The average Bonchev–Trinajstić information content (AvgIpc) is 2.66. The number of aromatic nitrogens is 2. The number of aromatic amines is 1. The number of carbonyl (C=O) groups is 1. The number of nitro groups is 1. The Morgan fingerprint density at radius 3 is 2.89 bits per heavy atom. The van der Waals surface area contributed by atoms with Crippen molar-refractivity contribution in [1.82, 2.24) is 9.97 Å². The van der Waals surface area contributed by atoms with Crippen LogP contribution in [0.25, 0.3) is 11.0 Å². The van der Waals surface area contributed by atoms with Crippen LogP contribution in [0.5, 0.6) is 0 Å². The summed E-state index contributed by atoms with van der Waals surface area (Å²) in [5.74, 6) is -0.0907. The van der Waals surface area contributed by atoms with Crippen LogP contribution in [-0.4, -0.2) is 27.5 Å². The second-order valence-corrected chi connectivity index (χ2v) is 3.69. The first-order chi connectivity index (χ1) is 8.52. The number of nitrogens with zero attached hydrogens (tertiary/aromatic N) is 2. The highest BCUT2D eigenvalue weighted by Crippen LogP contribution is 2.25. The number of ether oxygens (including phenoxy) is 1. The van der Waals surface area contributed by atoms with Gasteiger partial charge in [-0.05, 0) is 19.9 Å². The molecule has 2 aromatic rings. The average molecular weight is 249 g/mol. The van der Waals surface area contributed by atoms with Gasteiger partial charge >= 0.3 is 5.97 Å². The third-order valence-corrected chi connectivity index (χ3v) is 2.41. The Kier molecular flexibility index (Phi) is 2.97. The topological polar surface area (TPSA) is 98.1 Å². The lowest BCUT2D eigenvalue weighted by molar-refractivity contribution is -0.385. The standard InChI is InChI=1S/C11H11N3O4/c1-3-18-11(15)7-4-8-9(13-6(2)12-8)5-10(7)14(16)17/h4-5H,3H2,1-2H3,(H,12,13). The molecule has 1 aromatic heterocycles. The summed E-state index contributed by atoms with van der Waals surface area (Å²) in [7, 11) is 0. The monoisotopic (exact) mass is 249 g/mol. The first kappa shape index (κ1) is 12.0. The SMILES string of the molecule is CCOC(=O)c1cc2nc(C)[nH]c2cc1[N+](=O)[O-]. The number of benzene rings is 1. The van der Waals surface area contributed by atoms with Crippen LogP contribution in [0.2, 0.25) is 0 Å². The molecule has 0 amide bonds. The normalized spacial score (nSPS) is 10.6. The zero-order valence-electron chi connectivity index (χ0n) is 9.89. The summed E-state index contributed by atoms with van der Waals surface area (Å²) in [5, 5.41) is 10.9. The molecule has 0 saturated heterocycles. The van der Waals surface area contributed by atoms with E-state index in [1.165, 1.54) is 12.1 Å². The Hall–Kier alpha value is -2.44. The smallest absolute Gasteiger partial charge is 0.345 e. The second-order valence-electron chi connectivity index (χ2n) is 3.69. The Morgan fingerprint density at radius 1 is 1.56 bits per heavy atom. The van der Waals surface area contributed by atoms with Gasteiger partial charge in [-0.3, -0.25) is 10.1 Å². The van der Waals surface area contributed by atoms with Gasteiger partial charge in [-0.2, -0.15) is 0 Å². The van der Waals surface area contributed by atoms with Gasteiger partial charge in [0.25, 0.3) is 5.69 Å². The van der Waals surface area contributed by atoms with Crippen LogP contribution in [-0.2, 0) is 4.74 Å². The molecule has 1 N–H and O–H groups in total. The zero-order chi connectivity index (χ0) is 13.3. The Balaban J connectivity index is 2.64. The van der Waals surface area contributed by atoms with E-state index in [1.807, 2.05) is 0 Å². The summed E-state index contributed by atoms with van der Waals surface area (Å²) in [6.45, 7) is 3.53. The molecule has 94 valence electrons. The van der Waals surface area contributed by atoms with Crippen LogP contribution in [0.3, 0.4) is 0 Å². The second kappa shape index (κ2) is 4.44. The van der Waals surface area contributed by atoms with Crippen molar-refractivity contribution >= 4 is 22.7 Å². The van der Waals surface area contributed by atoms with Gasteiger partial charge in [-0.15, -0.1) is 0 Å². The van der Waals surface area contributed by atoms with Gasteiger partial charge in [0.1, 0.15) is 11.4 Å². The molecule has 0 bridgehead atoms. The Bertz CT molecular complexity index is 632. The number of rotatable bonds is 3. The fraction of sp³-hybridized carbons (Fsp3) is 0.273. The van der Waals surface area contributed by atoms with Crippen LogP contribution in [0, 0.1) is 17.0 Å². The molecule has 0 aliphatic rings. The zero-order valence-corrected chi connectivity index (χ0v) is 9.89.